The monoisotopic (exact) mass is 448 g/mol. The first-order chi connectivity index (χ1) is 16.2. The smallest absolute Gasteiger partial charge is 0.287 e. The third-order valence-corrected chi connectivity index (χ3v) is 5.13. The number of guanidine groups is 1. The topological polar surface area (TPSA) is 97.1 Å². The number of benzene rings is 2. The number of amides is 1. The number of aryl methyl sites for hydroxylation is 1. The molecule has 1 aliphatic rings. The van der Waals surface area contributed by atoms with E-state index in [4.69, 9.17) is 18.9 Å². The summed E-state index contributed by atoms with van der Waals surface area (Å²) in [5, 5.41) is 9.42. The van der Waals surface area contributed by atoms with Crippen LogP contribution in [0.25, 0.3) is 0 Å². The van der Waals surface area contributed by atoms with Crippen LogP contribution in [0.4, 0.5) is 5.69 Å². The summed E-state index contributed by atoms with van der Waals surface area (Å²) in [6.45, 7) is 4.75. The molecule has 0 atom stereocenters. The maximum absolute atomic E-state index is 12.0. The zero-order valence-corrected chi connectivity index (χ0v) is 18.6. The van der Waals surface area contributed by atoms with Crippen LogP contribution in [0.2, 0.25) is 0 Å². The highest BCUT2D eigenvalue weighted by molar-refractivity contribution is 5.94. The van der Waals surface area contributed by atoms with Crippen molar-refractivity contribution in [2.75, 3.05) is 31.6 Å². The number of fused-ring (bicyclic) bond motifs is 1. The molecule has 0 radical (unpaired) electrons. The largest absolute Gasteiger partial charge is 0.490 e. The molecule has 33 heavy (non-hydrogen) atoms. The molecular weight excluding hydrogens is 420 g/mol. The van der Waals surface area contributed by atoms with E-state index in [1.54, 1.807) is 12.1 Å². The number of carbonyl (C=O) groups is 1. The number of hydrogen-bond donors (Lipinski definition) is 3. The van der Waals surface area contributed by atoms with Gasteiger partial charge in [-0.1, -0.05) is 24.3 Å². The van der Waals surface area contributed by atoms with Gasteiger partial charge in [0.2, 0.25) is 0 Å². The quantitative estimate of drug-likeness (QED) is 0.289. The molecule has 8 heteroatoms. The molecule has 0 saturated heterocycles. The van der Waals surface area contributed by atoms with Crippen molar-refractivity contribution < 1.29 is 18.7 Å². The van der Waals surface area contributed by atoms with Gasteiger partial charge in [-0.3, -0.25) is 4.79 Å². The van der Waals surface area contributed by atoms with Crippen LogP contribution < -0.4 is 25.4 Å². The highest BCUT2D eigenvalue weighted by Crippen LogP contribution is 2.32. The second-order valence-corrected chi connectivity index (χ2v) is 7.59. The molecule has 3 aromatic rings. The molecule has 0 spiro atoms. The van der Waals surface area contributed by atoms with Crippen LogP contribution in [0.3, 0.4) is 0 Å². The number of furan rings is 1. The van der Waals surface area contributed by atoms with Crippen molar-refractivity contribution in [2.24, 2.45) is 4.99 Å². The molecule has 8 nitrogen and oxygen atoms in total. The fourth-order valence-electron chi connectivity index (χ4n) is 3.32. The minimum atomic E-state index is -0.254. The molecule has 0 aliphatic carbocycles. The van der Waals surface area contributed by atoms with Crippen LogP contribution in [0.15, 0.2) is 70.3 Å². The predicted octanol–water partition coefficient (Wildman–Crippen LogP) is 3.74. The first-order valence-electron chi connectivity index (χ1n) is 11.0. The van der Waals surface area contributed by atoms with E-state index in [9.17, 15) is 4.79 Å². The van der Waals surface area contributed by atoms with E-state index in [2.05, 4.69) is 35.0 Å². The summed E-state index contributed by atoms with van der Waals surface area (Å²) in [6.07, 6.45) is 2.33. The average Bonchev–Trinajstić information content (AvgIpc) is 3.27. The van der Waals surface area contributed by atoms with Gasteiger partial charge in [-0.15, -0.1) is 0 Å². The Labute approximate surface area is 193 Å². The lowest BCUT2D eigenvalue weighted by Crippen LogP contribution is -2.37. The molecule has 4 rings (SSSR count). The molecule has 0 unspecified atom stereocenters. The molecular formula is C25H28N4O4. The summed E-state index contributed by atoms with van der Waals surface area (Å²) in [4.78, 5) is 16.8. The summed E-state index contributed by atoms with van der Waals surface area (Å²) < 4.78 is 16.6. The molecule has 3 N–H and O–H groups in total. The van der Waals surface area contributed by atoms with Gasteiger partial charge in [0.1, 0.15) is 0 Å². The highest BCUT2D eigenvalue weighted by Gasteiger charge is 2.12. The van der Waals surface area contributed by atoms with Crippen molar-refractivity contribution in [2.45, 2.75) is 19.9 Å². The van der Waals surface area contributed by atoms with E-state index < -0.39 is 0 Å². The summed E-state index contributed by atoms with van der Waals surface area (Å²) in [5.74, 6) is 2.08. The van der Waals surface area contributed by atoms with Crippen LogP contribution in [0.1, 0.15) is 28.1 Å². The van der Waals surface area contributed by atoms with Crippen molar-refractivity contribution in [3.63, 3.8) is 0 Å². The number of aliphatic imine (C=N–C) groups is 1. The summed E-state index contributed by atoms with van der Waals surface area (Å²) in [6, 6.07) is 17.2. The van der Waals surface area contributed by atoms with Gasteiger partial charge in [0.15, 0.2) is 23.2 Å². The molecule has 0 saturated carbocycles. The van der Waals surface area contributed by atoms with E-state index in [0.717, 1.165) is 23.4 Å². The summed E-state index contributed by atoms with van der Waals surface area (Å²) in [7, 11) is 0. The Balaban J connectivity index is 1.41. The third-order valence-electron chi connectivity index (χ3n) is 5.13. The van der Waals surface area contributed by atoms with Crippen LogP contribution in [0.5, 0.6) is 11.5 Å². The Bertz CT molecular complexity index is 1100. The molecule has 1 aromatic heterocycles. The molecule has 2 aromatic carbocycles. The zero-order valence-electron chi connectivity index (χ0n) is 18.6. The van der Waals surface area contributed by atoms with E-state index >= 15 is 0 Å². The first-order valence-corrected chi connectivity index (χ1v) is 11.0. The lowest BCUT2D eigenvalue weighted by molar-refractivity contribution is 0.0926. The van der Waals surface area contributed by atoms with Gasteiger partial charge < -0.3 is 29.8 Å². The van der Waals surface area contributed by atoms with Gasteiger partial charge in [-0.05, 0) is 42.3 Å². The van der Waals surface area contributed by atoms with E-state index in [1.165, 1.54) is 11.8 Å². The van der Waals surface area contributed by atoms with Crippen molar-refractivity contribution >= 4 is 17.6 Å². The van der Waals surface area contributed by atoms with E-state index in [-0.39, 0.29) is 11.7 Å². The van der Waals surface area contributed by atoms with Gasteiger partial charge in [0.25, 0.3) is 5.91 Å². The van der Waals surface area contributed by atoms with Crippen LogP contribution in [0, 0.1) is 6.92 Å². The second-order valence-electron chi connectivity index (χ2n) is 7.59. The summed E-state index contributed by atoms with van der Waals surface area (Å²) in [5.41, 5.74) is 3.15. The number of carbonyl (C=O) groups excluding carboxylic acids is 1. The molecule has 1 aliphatic heterocycles. The summed E-state index contributed by atoms with van der Waals surface area (Å²) >= 11 is 0. The zero-order chi connectivity index (χ0) is 22.9. The number of anilines is 1. The normalized spacial score (nSPS) is 13.2. The SMILES string of the molecule is Cc1ccccc1CN=C(NCCNC(=O)c1ccco1)Nc1ccc2c(c1)OCCCO2. The fourth-order valence-corrected chi connectivity index (χ4v) is 3.32. The number of hydrogen-bond acceptors (Lipinski definition) is 5. The van der Waals surface area contributed by atoms with E-state index in [0.29, 0.717) is 44.6 Å². The molecule has 0 fully saturated rings. The van der Waals surface area contributed by atoms with Gasteiger partial charge in [0.05, 0.1) is 26.0 Å². The maximum Gasteiger partial charge on any atom is 0.287 e. The number of rotatable bonds is 7. The van der Waals surface area contributed by atoms with Gasteiger partial charge in [0, 0.05) is 31.3 Å². The van der Waals surface area contributed by atoms with E-state index in [1.807, 2.05) is 30.3 Å². The standard InChI is InChI=1S/C25H28N4O4/c1-18-6-2-3-7-19(18)17-28-25(27-12-11-26-24(30)22-8-4-13-32-22)29-20-9-10-21-23(16-20)33-15-5-14-31-21/h2-4,6-10,13,16H,5,11-12,14-15,17H2,1H3,(H,26,30)(H2,27,28,29). The lowest BCUT2D eigenvalue weighted by atomic mass is 10.1. The van der Waals surface area contributed by atoms with Crippen molar-refractivity contribution in [3.8, 4) is 11.5 Å². The predicted molar refractivity (Wildman–Crippen MR) is 127 cm³/mol. The maximum atomic E-state index is 12.0. The fraction of sp³-hybridized carbons (Fsp3) is 0.280. The Morgan fingerprint density at radius 1 is 0.970 bits per heavy atom. The Morgan fingerprint density at radius 3 is 2.61 bits per heavy atom. The Hall–Kier alpha value is -3.94. The molecule has 2 heterocycles. The van der Waals surface area contributed by atoms with Gasteiger partial charge in [-0.25, -0.2) is 4.99 Å². The van der Waals surface area contributed by atoms with Crippen LogP contribution in [-0.2, 0) is 6.54 Å². The Kier molecular flexibility index (Phi) is 7.48. The number of nitrogens with zero attached hydrogens (tertiary/aromatic N) is 1. The van der Waals surface area contributed by atoms with Crippen LogP contribution >= 0.6 is 0 Å². The Morgan fingerprint density at radius 2 is 1.79 bits per heavy atom. The van der Waals surface area contributed by atoms with Crippen LogP contribution in [-0.4, -0.2) is 38.2 Å². The minimum Gasteiger partial charge on any atom is -0.490 e. The van der Waals surface area contributed by atoms with Gasteiger partial charge >= 0.3 is 0 Å². The van der Waals surface area contributed by atoms with Crippen molar-refractivity contribution in [1.82, 2.24) is 10.6 Å². The minimum absolute atomic E-state index is 0.254. The molecule has 1 amide bonds. The number of nitrogens with one attached hydrogen (secondary N) is 3. The first kappa shape index (κ1) is 22.3. The second kappa shape index (κ2) is 11.1. The number of ether oxygens (including phenoxy) is 2. The van der Waals surface area contributed by atoms with Crippen molar-refractivity contribution in [3.05, 3.63) is 77.7 Å². The lowest BCUT2D eigenvalue weighted by Gasteiger charge is -2.15. The molecule has 172 valence electrons. The van der Waals surface area contributed by atoms with Gasteiger partial charge in [-0.2, -0.15) is 0 Å². The van der Waals surface area contributed by atoms with Crippen molar-refractivity contribution in [1.29, 1.82) is 0 Å². The average molecular weight is 449 g/mol. The third kappa shape index (κ3) is 6.29. The highest BCUT2D eigenvalue weighted by atomic mass is 16.5. The molecule has 0 bridgehead atoms.